The van der Waals surface area contributed by atoms with Gasteiger partial charge in [0, 0.05) is 14.1 Å². The van der Waals surface area contributed by atoms with Gasteiger partial charge in [-0.2, -0.15) is 0 Å². The molecule has 1 amide bonds. The van der Waals surface area contributed by atoms with Crippen LogP contribution in [-0.2, 0) is 11.4 Å². The minimum Gasteiger partial charge on any atom is -0.487 e. The molecule has 1 saturated heterocycles. The lowest BCUT2D eigenvalue weighted by Crippen LogP contribution is -2.23. The summed E-state index contributed by atoms with van der Waals surface area (Å²) < 4.78 is 21.1. The van der Waals surface area contributed by atoms with Crippen LogP contribution >= 0.6 is 56.9 Å². The van der Waals surface area contributed by atoms with E-state index in [2.05, 4.69) is 50.2 Å². The Labute approximate surface area is 188 Å². The number of likely N-dealkylation sites (N-methyl/N-ethyl adjacent to an activating group) is 1. The van der Waals surface area contributed by atoms with Crippen LogP contribution in [0.5, 0.6) is 5.75 Å². The average Bonchev–Trinajstić information content (AvgIpc) is 2.89. The van der Waals surface area contributed by atoms with Gasteiger partial charge in [0.15, 0.2) is 5.17 Å². The van der Waals surface area contributed by atoms with Crippen molar-refractivity contribution in [1.82, 2.24) is 4.90 Å². The van der Waals surface area contributed by atoms with E-state index in [0.717, 1.165) is 24.0 Å². The monoisotopic (exact) mass is 608 g/mol. The summed E-state index contributed by atoms with van der Waals surface area (Å²) in [6, 6.07) is 10.3. The molecule has 1 aliphatic rings. The number of amides is 1. The van der Waals surface area contributed by atoms with Gasteiger partial charge in [0.1, 0.15) is 18.2 Å². The van der Waals surface area contributed by atoms with E-state index >= 15 is 0 Å². The summed E-state index contributed by atoms with van der Waals surface area (Å²) in [6.45, 7) is 0.291. The Morgan fingerprint density at radius 2 is 1.96 bits per heavy atom. The predicted molar refractivity (Wildman–Crippen MR) is 124 cm³/mol. The van der Waals surface area contributed by atoms with Crippen molar-refractivity contribution in [2.24, 2.45) is 4.99 Å². The normalized spacial score (nSPS) is 17.2. The number of ether oxygens (including phenoxy) is 1. The first-order chi connectivity index (χ1) is 12.9. The molecule has 0 spiro atoms. The summed E-state index contributed by atoms with van der Waals surface area (Å²) in [5, 5.41) is 0.686. The highest BCUT2D eigenvalue weighted by Gasteiger charge is 2.29. The minimum absolute atomic E-state index is 0.0583. The average molecular weight is 608 g/mol. The molecule has 1 fully saturated rings. The lowest BCUT2D eigenvalue weighted by molar-refractivity contribution is -0.121. The van der Waals surface area contributed by atoms with E-state index in [1.807, 2.05) is 24.3 Å². The molecular formula is C19H15FI2N2O2S. The zero-order valence-electron chi connectivity index (χ0n) is 14.5. The Balaban J connectivity index is 1.81. The summed E-state index contributed by atoms with van der Waals surface area (Å²) in [6.07, 6.45) is 1.86. The van der Waals surface area contributed by atoms with Crippen LogP contribution in [0.4, 0.5) is 4.39 Å². The SMILES string of the molecule is CN=C1S/C(=C/c2cc(I)c(OCc3cccc(F)c3)c(I)c2)C(=O)N1C. The number of thioether (sulfide) groups is 1. The fourth-order valence-electron chi connectivity index (χ4n) is 2.48. The number of carbonyl (C=O) groups excluding carboxylic acids is 1. The molecule has 2 aromatic rings. The molecule has 0 aromatic heterocycles. The van der Waals surface area contributed by atoms with Crippen molar-refractivity contribution < 1.29 is 13.9 Å². The van der Waals surface area contributed by atoms with Gasteiger partial charge in [0.2, 0.25) is 0 Å². The third kappa shape index (κ3) is 4.83. The fraction of sp³-hybridized carbons (Fsp3) is 0.158. The molecule has 140 valence electrons. The van der Waals surface area contributed by atoms with Crippen molar-refractivity contribution in [3.05, 3.63) is 65.4 Å². The van der Waals surface area contributed by atoms with Crippen molar-refractivity contribution in [2.45, 2.75) is 6.61 Å². The summed E-state index contributed by atoms with van der Waals surface area (Å²) in [4.78, 5) is 18.6. The number of rotatable bonds is 4. The Kier molecular flexibility index (Phi) is 6.79. The topological polar surface area (TPSA) is 41.9 Å². The standard InChI is InChI=1S/C19H15FI2N2O2S/c1-23-19-24(2)18(25)16(27-19)9-12-7-14(21)17(15(22)8-12)26-10-11-4-3-5-13(20)6-11/h3-9H,10H2,1-2H3/b16-9+,23-19?. The highest BCUT2D eigenvalue weighted by molar-refractivity contribution is 14.1. The molecule has 3 rings (SSSR count). The molecule has 0 saturated carbocycles. The van der Waals surface area contributed by atoms with Crippen LogP contribution < -0.4 is 4.74 Å². The van der Waals surface area contributed by atoms with Crippen LogP contribution in [0.15, 0.2) is 46.3 Å². The van der Waals surface area contributed by atoms with Crippen LogP contribution in [0.2, 0.25) is 0 Å². The number of hydrogen-bond donors (Lipinski definition) is 0. The van der Waals surface area contributed by atoms with Gasteiger partial charge in [0.25, 0.3) is 5.91 Å². The summed E-state index contributed by atoms with van der Waals surface area (Å²) >= 11 is 5.78. The zero-order chi connectivity index (χ0) is 19.6. The first kappa shape index (κ1) is 20.6. The van der Waals surface area contributed by atoms with Gasteiger partial charge in [0.05, 0.1) is 12.0 Å². The van der Waals surface area contributed by atoms with Gasteiger partial charge >= 0.3 is 0 Å². The van der Waals surface area contributed by atoms with E-state index in [4.69, 9.17) is 4.74 Å². The van der Waals surface area contributed by atoms with Crippen LogP contribution in [0.25, 0.3) is 6.08 Å². The molecule has 1 heterocycles. The van der Waals surface area contributed by atoms with Crippen LogP contribution in [0.3, 0.4) is 0 Å². The first-order valence-corrected chi connectivity index (χ1v) is 10.9. The van der Waals surface area contributed by atoms with Crippen molar-refractivity contribution in [2.75, 3.05) is 14.1 Å². The molecule has 0 aliphatic carbocycles. The molecule has 4 nitrogen and oxygen atoms in total. The Hall–Kier alpha value is -1.14. The predicted octanol–water partition coefficient (Wildman–Crippen LogP) is 5.15. The fourth-order valence-corrected chi connectivity index (χ4v) is 5.54. The van der Waals surface area contributed by atoms with E-state index < -0.39 is 0 Å². The molecule has 0 radical (unpaired) electrons. The number of carbonyl (C=O) groups is 1. The highest BCUT2D eigenvalue weighted by Crippen LogP contribution is 2.34. The van der Waals surface area contributed by atoms with Crippen LogP contribution in [-0.4, -0.2) is 30.1 Å². The van der Waals surface area contributed by atoms with Gasteiger partial charge in [-0.3, -0.25) is 14.7 Å². The number of amidine groups is 1. The number of benzene rings is 2. The van der Waals surface area contributed by atoms with Crippen LogP contribution in [0, 0.1) is 13.0 Å². The lowest BCUT2D eigenvalue weighted by atomic mass is 10.2. The summed E-state index contributed by atoms with van der Waals surface area (Å²) in [5.41, 5.74) is 1.69. The Morgan fingerprint density at radius 3 is 2.56 bits per heavy atom. The van der Waals surface area contributed by atoms with E-state index in [9.17, 15) is 9.18 Å². The van der Waals surface area contributed by atoms with Gasteiger partial charge in [-0.1, -0.05) is 12.1 Å². The maximum Gasteiger partial charge on any atom is 0.266 e. The maximum atomic E-state index is 13.3. The Bertz CT molecular complexity index is 939. The molecule has 2 aromatic carbocycles. The summed E-state index contributed by atoms with van der Waals surface area (Å²) in [7, 11) is 3.39. The number of nitrogens with zero attached hydrogens (tertiary/aromatic N) is 2. The second-order valence-corrected chi connectivity index (χ2v) is 9.05. The first-order valence-electron chi connectivity index (χ1n) is 7.89. The van der Waals surface area contributed by atoms with Crippen molar-refractivity contribution in [3.63, 3.8) is 0 Å². The molecule has 8 heteroatoms. The van der Waals surface area contributed by atoms with Crippen molar-refractivity contribution in [1.29, 1.82) is 0 Å². The summed E-state index contributed by atoms with van der Waals surface area (Å²) in [5.74, 6) is 0.416. The molecule has 0 unspecified atom stereocenters. The molecule has 1 aliphatic heterocycles. The van der Waals surface area contributed by atoms with E-state index in [1.54, 1.807) is 25.1 Å². The van der Waals surface area contributed by atoms with Crippen molar-refractivity contribution >= 4 is 74.1 Å². The molecule has 27 heavy (non-hydrogen) atoms. The van der Waals surface area contributed by atoms with E-state index in [1.165, 1.54) is 23.9 Å². The molecule has 0 N–H and O–H groups in total. The van der Waals surface area contributed by atoms with Gasteiger partial charge < -0.3 is 4.74 Å². The maximum absolute atomic E-state index is 13.3. The second-order valence-electron chi connectivity index (χ2n) is 5.71. The van der Waals surface area contributed by atoms with Gasteiger partial charge in [-0.05, 0) is 98.4 Å². The van der Waals surface area contributed by atoms with Gasteiger partial charge in [-0.25, -0.2) is 4.39 Å². The lowest BCUT2D eigenvalue weighted by Gasteiger charge is -2.12. The number of hydrogen-bond acceptors (Lipinski definition) is 4. The van der Waals surface area contributed by atoms with E-state index in [0.29, 0.717) is 16.7 Å². The number of halogens is 3. The van der Waals surface area contributed by atoms with E-state index in [-0.39, 0.29) is 11.7 Å². The third-order valence-corrected chi connectivity index (χ3v) is 6.54. The minimum atomic E-state index is -0.277. The van der Waals surface area contributed by atoms with Crippen molar-refractivity contribution in [3.8, 4) is 5.75 Å². The van der Waals surface area contributed by atoms with Gasteiger partial charge in [-0.15, -0.1) is 0 Å². The zero-order valence-corrected chi connectivity index (χ0v) is 19.6. The third-order valence-electron chi connectivity index (χ3n) is 3.79. The number of aliphatic imine (C=N–C) groups is 1. The molecule has 0 atom stereocenters. The second kappa shape index (κ2) is 8.91. The smallest absolute Gasteiger partial charge is 0.266 e. The highest BCUT2D eigenvalue weighted by atomic mass is 127. The molecular weight excluding hydrogens is 593 g/mol. The van der Waals surface area contributed by atoms with Crippen LogP contribution in [0.1, 0.15) is 11.1 Å². The quantitative estimate of drug-likeness (QED) is 0.357. The molecule has 0 bridgehead atoms. The largest absolute Gasteiger partial charge is 0.487 e. The Morgan fingerprint density at radius 1 is 1.26 bits per heavy atom.